The number of carbonyl (C=O) groups excluding carboxylic acids is 1. The molecule has 0 saturated carbocycles. The van der Waals surface area contributed by atoms with Crippen LogP contribution >= 0.6 is 0 Å². The van der Waals surface area contributed by atoms with E-state index >= 15 is 0 Å². The van der Waals surface area contributed by atoms with Gasteiger partial charge in [-0.1, -0.05) is 6.92 Å². The van der Waals surface area contributed by atoms with Crippen molar-refractivity contribution in [2.75, 3.05) is 32.8 Å². The van der Waals surface area contributed by atoms with Crippen molar-refractivity contribution in [2.45, 2.75) is 39.2 Å². The van der Waals surface area contributed by atoms with Crippen molar-refractivity contribution in [1.29, 1.82) is 0 Å². The highest BCUT2D eigenvalue weighted by atomic mass is 16.5. The van der Waals surface area contributed by atoms with Crippen molar-refractivity contribution >= 4 is 5.91 Å². The molecule has 4 heteroatoms. The van der Waals surface area contributed by atoms with Gasteiger partial charge in [0, 0.05) is 6.54 Å². The molecule has 1 N–H and O–H groups in total. The molecule has 0 bridgehead atoms. The molecule has 0 unspecified atom stereocenters. The van der Waals surface area contributed by atoms with E-state index in [0.717, 1.165) is 38.9 Å². The lowest BCUT2D eigenvalue weighted by molar-refractivity contribution is -0.152. The SMILES string of the molecule is CCC1(C(=O)N2CCOC[C@H]2C)CCNCC1. The molecule has 1 atom stereocenters. The van der Waals surface area contributed by atoms with Gasteiger partial charge in [-0.15, -0.1) is 0 Å². The molecule has 2 rings (SSSR count). The lowest BCUT2D eigenvalue weighted by Gasteiger charge is -2.43. The minimum Gasteiger partial charge on any atom is -0.377 e. The summed E-state index contributed by atoms with van der Waals surface area (Å²) in [6, 6.07) is 0.231. The molecule has 0 radical (unpaired) electrons. The zero-order valence-electron chi connectivity index (χ0n) is 11.0. The number of ether oxygens (including phenoxy) is 1. The summed E-state index contributed by atoms with van der Waals surface area (Å²) in [6.45, 7) is 8.31. The number of hydrogen-bond donors (Lipinski definition) is 1. The van der Waals surface area contributed by atoms with Gasteiger partial charge in [-0.05, 0) is 39.3 Å². The van der Waals surface area contributed by atoms with Crippen molar-refractivity contribution < 1.29 is 9.53 Å². The second-order valence-corrected chi connectivity index (χ2v) is 5.31. The quantitative estimate of drug-likeness (QED) is 0.783. The molecule has 2 heterocycles. The van der Waals surface area contributed by atoms with E-state index in [1.807, 2.05) is 4.90 Å². The van der Waals surface area contributed by atoms with Gasteiger partial charge in [-0.3, -0.25) is 4.79 Å². The molecule has 0 aromatic rings. The standard InChI is InChI=1S/C13H24N2O2/c1-3-13(4-6-14-7-5-13)12(16)15-8-9-17-10-11(15)2/h11,14H,3-10H2,1-2H3/t11-/m1/s1. The number of carbonyl (C=O) groups is 1. The van der Waals surface area contributed by atoms with E-state index in [-0.39, 0.29) is 11.5 Å². The Kier molecular flexibility index (Phi) is 4.05. The first kappa shape index (κ1) is 12.8. The van der Waals surface area contributed by atoms with Gasteiger partial charge in [0.1, 0.15) is 0 Å². The van der Waals surface area contributed by atoms with Crippen molar-refractivity contribution in [2.24, 2.45) is 5.41 Å². The third-order valence-corrected chi connectivity index (χ3v) is 4.32. The molecular formula is C13H24N2O2. The Bertz CT molecular complexity index is 275. The smallest absolute Gasteiger partial charge is 0.229 e. The van der Waals surface area contributed by atoms with Gasteiger partial charge in [0.25, 0.3) is 0 Å². The largest absolute Gasteiger partial charge is 0.377 e. The predicted molar refractivity (Wildman–Crippen MR) is 66.8 cm³/mol. The van der Waals surface area contributed by atoms with Crippen LogP contribution in [0, 0.1) is 5.41 Å². The lowest BCUT2D eigenvalue weighted by Crippen LogP contribution is -2.55. The van der Waals surface area contributed by atoms with Crippen LogP contribution in [0.2, 0.25) is 0 Å². The summed E-state index contributed by atoms with van der Waals surface area (Å²) < 4.78 is 5.41. The van der Waals surface area contributed by atoms with Gasteiger partial charge >= 0.3 is 0 Å². The fourth-order valence-electron chi connectivity index (χ4n) is 2.96. The maximum Gasteiger partial charge on any atom is 0.229 e. The van der Waals surface area contributed by atoms with Crippen LogP contribution in [0.25, 0.3) is 0 Å². The van der Waals surface area contributed by atoms with Crippen molar-refractivity contribution in [3.8, 4) is 0 Å². The number of amides is 1. The fraction of sp³-hybridized carbons (Fsp3) is 0.923. The molecule has 0 aromatic carbocycles. The van der Waals surface area contributed by atoms with E-state index in [1.54, 1.807) is 0 Å². The van der Waals surface area contributed by atoms with E-state index in [2.05, 4.69) is 19.2 Å². The highest BCUT2D eigenvalue weighted by molar-refractivity contribution is 5.83. The van der Waals surface area contributed by atoms with Gasteiger partial charge in [0.15, 0.2) is 0 Å². The third-order valence-electron chi connectivity index (χ3n) is 4.32. The molecule has 2 saturated heterocycles. The monoisotopic (exact) mass is 240 g/mol. The van der Waals surface area contributed by atoms with Crippen LogP contribution in [0.3, 0.4) is 0 Å². The summed E-state index contributed by atoms with van der Waals surface area (Å²) in [5.74, 6) is 0.359. The Hall–Kier alpha value is -0.610. The zero-order chi connectivity index (χ0) is 12.3. The Morgan fingerprint density at radius 3 is 2.76 bits per heavy atom. The van der Waals surface area contributed by atoms with E-state index in [9.17, 15) is 4.79 Å². The number of nitrogens with zero attached hydrogens (tertiary/aromatic N) is 1. The first-order valence-electron chi connectivity index (χ1n) is 6.79. The van der Waals surface area contributed by atoms with E-state index in [0.29, 0.717) is 19.1 Å². The van der Waals surface area contributed by atoms with E-state index in [4.69, 9.17) is 4.74 Å². The lowest BCUT2D eigenvalue weighted by atomic mass is 9.75. The average molecular weight is 240 g/mol. The minimum absolute atomic E-state index is 0.114. The van der Waals surface area contributed by atoms with Gasteiger partial charge < -0.3 is 15.0 Å². The molecule has 1 amide bonds. The number of morpholine rings is 1. The van der Waals surface area contributed by atoms with Crippen LogP contribution in [0.5, 0.6) is 0 Å². The van der Waals surface area contributed by atoms with Crippen LogP contribution in [0.4, 0.5) is 0 Å². The van der Waals surface area contributed by atoms with Crippen molar-refractivity contribution in [3.63, 3.8) is 0 Å². The van der Waals surface area contributed by atoms with Crippen LogP contribution in [0.1, 0.15) is 33.1 Å². The van der Waals surface area contributed by atoms with Gasteiger partial charge in [0.2, 0.25) is 5.91 Å². The normalized spacial score (nSPS) is 29.1. The summed E-state index contributed by atoms with van der Waals surface area (Å²) in [7, 11) is 0. The molecule has 4 nitrogen and oxygen atoms in total. The topological polar surface area (TPSA) is 41.6 Å². The molecule has 0 aliphatic carbocycles. The molecule has 0 aromatic heterocycles. The second-order valence-electron chi connectivity index (χ2n) is 5.31. The number of hydrogen-bond acceptors (Lipinski definition) is 3. The Morgan fingerprint density at radius 2 is 2.18 bits per heavy atom. The molecule has 2 fully saturated rings. The third kappa shape index (κ3) is 2.47. The summed E-state index contributed by atoms with van der Waals surface area (Å²) in [5, 5.41) is 3.35. The summed E-state index contributed by atoms with van der Waals surface area (Å²) in [5.41, 5.74) is -0.114. The highest BCUT2D eigenvalue weighted by Crippen LogP contribution is 2.35. The summed E-state index contributed by atoms with van der Waals surface area (Å²) in [4.78, 5) is 14.8. The highest BCUT2D eigenvalue weighted by Gasteiger charge is 2.42. The van der Waals surface area contributed by atoms with Gasteiger partial charge in [-0.2, -0.15) is 0 Å². The molecule has 0 spiro atoms. The van der Waals surface area contributed by atoms with Gasteiger partial charge in [0.05, 0.1) is 24.7 Å². The number of rotatable bonds is 2. The van der Waals surface area contributed by atoms with Crippen LogP contribution in [0.15, 0.2) is 0 Å². The molecule has 17 heavy (non-hydrogen) atoms. The van der Waals surface area contributed by atoms with Crippen LogP contribution in [-0.4, -0.2) is 49.7 Å². The second kappa shape index (κ2) is 5.36. The first-order valence-corrected chi connectivity index (χ1v) is 6.79. The molecular weight excluding hydrogens is 216 g/mol. The minimum atomic E-state index is -0.114. The van der Waals surface area contributed by atoms with Crippen LogP contribution < -0.4 is 5.32 Å². The van der Waals surface area contributed by atoms with Crippen LogP contribution in [-0.2, 0) is 9.53 Å². The summed E-state index contributed by atoms with van der Waals surface area (Å²) >= 11 is 0. The van der Waals surface area contributed by atoms with E-state index in [1.165, 1.54) is 0 Å². The number of nitrogens with one attached hydrogen (secondary N) is 1. The Balaban J connectivity index is 2.10. The molecule has 2 aliphatic heterocycles. The predicted octanol–water partition coefficient (Wildman–Crippen LogP) is 1.01. The Labute approximate surface area is 104 Å². The fourth-order valence-corrected chi connectivity index (χ4v) is 2.96. The number of piperidine rings is 1. The van der Waals surface area contributed by atoms with Crippen molar-refractivity contribution in [3.05, 3.63) is 0 Å². The molecule has 98 valence electrons. The maximum atomic E-state index is 12.8. The van der Waals surface area contributed by atoms with Crippen molar-refractivity contribution in [1.82, 2.24) is 10.2 Å². The average Bonchev–Trinajstić information content (AvgIpc) is 2.39. The van der Waals surface area contributed by atoms with Gasteiger partial charge in [-0.25, -0.2) is 0 Å². The summed E-state index contributed by atoms with van der Waals surface area (Å²) in [6.07, 6.45) is 2.91. The first-order chi connectivity index (χ1) is 8.19. The maximum absolute atomic E-state index is 12.8. The zero-order valence-corrected chi connectivity index (χ0v) is 11.0. The molecule has 2 aliphatic rings. The van der Waals surface area contributed by atoms with E-state index < -0.39 is 0 Å². The Morgan fingerprint density at radius 1 is 1.47 bits per heavy atom.